The maximum atomic E-state index is 13.2. The van der Waals surface area contributed by atoms with Gasteiger partial charge in [0.25, 0.3) is 5.91 Å². The molecule has 2 heterocycles. The summed E-state index contributed by atoms with van der Waals surface area (Å²) in [7, 11) is 1.40. The van der Waals surface area contributed by atoms with E-state index in [0.29, 0.717) is 38.4 Å². The fraction of sp³-hybridized carbons (Fsp3) is 0.692. The Morgan fingerprint density at radius 3 is 2.65 bits per heavy atom. The van der Waals surface area contributed by atoms with Crippen LogP contribution in [-0.4, -0.2) is 74.3 Å². The summed E-state index contributed by atoms with van der Waals surface area (Å²) in [6, 6.07) is 0.587. The van der Waals surface area contributed by atoms with Gasteiger partial charge in [-0.2, -0.15) is 0 Å². The molecular formula is C26H40N2O9. The van der Waals surface area contributed by atoms with E-state index in [1.807, 2.05) is 6.92 Å². The van der Waals surface area contributed by atoms with Gasteiger partial charge in [-0.3, -0.25) is 9.59 Å². The van der Waals surface area contributed by atoms with Gasteiger partial charge in [0.15, 0.2) is 17.2 Å². The first kappa shape index (κ1) is 30.3. The normalized spacial score (nSPS) is 22.3. The summed E-state index contributed by atoms with van der Waals surface area (Å²) < 4.78 is 33.5. The summed E-state index contributed by atoms with van der Waals surface area (Å²) in [6.45, 7) is 9.82. The van der Waals surface area contributed by atoms with Gasteiger partial charge in [0.05, 0.1) is 13.2 Å². The van der Waals surface area contributed by atoms with Crippen molar-refractivity contribution in [3.05, 3.63) is 18.0 Å². The fourth-order valence-corrected chi connectivity index (χ4v) is 3.85. The maximum Gasteiger partial charge on any atom is 0.329 e. The highest BCUT2D eigenvalue weighted by Gasteiger charge is 2.36. The van der Waals surface area contributed by atoms with Crippen LogP contribution in [0.25, 0.3) is 0 Å². The third-order valence-corrected chi connectivity index (χ3v) is 5.63. The number of amides is 1. The van der Waals surface area contributed by atoms with Crippen LogP contribution in [0.4, 0.5) is 0 Å². The zero-order valence-electron chi connectivity index (χ0n) is 22.6. The van der Waals surface area contributed by atoms with Crippen LogP contribution in [0.3, 0.4) is 0 Å². The summed E-state index contributed by atoms with van der Waals surface area (Å²) >= 11 is 0. The van der Waals surface area contributed by atoms with Gasteiger partial charge >= 0.3 is 11.9 Å². The Balaban J connectivity index is 2.20. The number of hydrogen-bond donors (Lipinski definition) is 1. The molecule has 0 spiro atoms. The Hall–Kier alpha value is -2.92. The quantitative estimate of drug-likeness (QED) is 0.321. The molecule has 1 aromatic rings. The molecule has 11 heteroatoms. The number of hydrogen-bond acceptors (Lipinski definition) is 10. The van der Waals surface area contributed by atoms with Crippen LogP contribution in [0.5, 0.6) is 11.5 Å². The van der Waals surface area contributed by atoms with Gasteiger partial charge in [0.1, 0.15) is 18.2 Å². The SMILES string of the molecule is CCCOC1C(C)OC(=O)C(NC(=O)c2nccc(OC)c2OCOC(C)=O)CCCC1OCC(C)C. The Morgan fingerprint density at radius 1 is 1.24 bits per heavy atom. The second-order valence-electron chi connectivity index (χ2n) is 9.29. The number of rotatable bonds is 12. The Labute approximate surface area is 218 Å². The molecule has 0 bridgehead atoms. The molecule has 37 heavy (non-hydrogen) atoms. The van der Waals surface area contributed by atoms with Gasteiger partial charge in [0.2, 0.25) is 6.79 Å². The van der Waals surface area contributed by atoms with Crippen LogP contribution in [0.15, 0.2) is 12.3 Å². The van der Waals surface area contributed by atoms with Crippen molar-refractivity contribution < 1.29 is 42.8 Å². The Morgan fingerprint density at radius 2 is 2.00 bits per heavy atom. The predicted molar refractivity (Wildman–Crippen MR) is 133 cm³/mol. The molecule has 4 unspecified atom stereocenters. The second kappa shape index (κ2) is 15.4. The molecule has 1 N–H and O–H groups in total. The average Bonchev–Trinajstić information content (AvgIpc) is 2.90. The highest BCUT2D eigenvalue weighted by atomic mass is 16.7. The lowest BCUT2D eigenvalue weighted by molar-refractivity contribution is -0.168. The summed E-state index contributed by atoms with van der Waals surface area (Å²) in [6.07, 6.45) is 2.54. The van der Waals surface area contributed by atoms with Crippen molar-refractivity contribution >= 4 is 17.8 Å². The Kier molecular flexibility index (Phi) is 12.6. The molecule has 0 radical (unpaired) electrons. The van der Waals surface area contributed by atoms with Crippen molar-refractivity contribution in [2.75, 3.05) is 27.1 Å². The fourth-order valence-electron chi connectivity index (χ4n) is 3.85. The number of carbonyl (C=O) groups is 3. The van der Waals surface area contributed by atoms with Crippen LogP contribution in [-0.2, 0) is 28.5 Å². The standard InChI is InChI=1S/C26H40N2O9/c1-7-13-33-23-17(4)37-26(31)19(9-8-10-21(23)34-14-16(2)3)28-25(30)22-24(36-15-35-18(5)29)20(32-6)11-12-27-22/h11-12,16-17,19,21,23H,7-10,13-15H2,1-6H3,(H,28,30). The van der Waals surface area contributed by atoms with E-state index in [4.69, 9.17) is 28.4 Å². The highest BCUT2D eigenvalue weighted by molar-refractivity contribution is 5.98. The van der Waals surface area contributed by atoms with Crippen LogP contribution in [0.2, 0.25) is 0 Å². The van der Waals surface area contributed by atoms with Gasteiger partial charge in [-0.05, 0) is 38.5 Å². The number of methoxy groups -OCH3 is 1. The molecule has 1 amide bonds. The molecule has 0 saturated carbocycles. The molecule has 1 aromatic heterocycles. The number of cyclic esters (lactones) is 1. The first-order valence-corrected chi connectivity index (χ1v) is 12.7. The number of aromatic nitrogens is 1. The summed E-state index contributed by atoms with van der Waals surface area (Å²) in [5.74, 6) is -1.22. The molecule has 11 nitrogen and oxygen atoms in total. The summed E-state index contributed by atoms with van der Waals surface area (Å²) in [5.41, 5.74) is -0.116. The van der Waals surface area contributed by atoms with Gasteiger partial charge < -0.3 is 33.7 Å². The van der Waals surface area contributed by atoms with Gasteiger partial charge in [-0.25, -0.2) is 9.78 Å². The van der Waals surface area contributed by atoms with E-state index in [9.17, 15) is 14.4 Å². The first-order valence-electron chi connectivity index (χ1n) is 12.7. The predicted octanol–water partition coefficient (Wildman–Crippen LogP) is 3.04. The van der Waals surface area contributed by atoms with E-state index in [1.165, 1.54) is 26.3 Å². The van der Waals surface area contributed by atoms with Crippen LogP contribution < -0.4 is 14.8 Å². The lowest BCUT2D eigenvalue weighted by atomic mass is 10.0. The van der Waals surface area contributed by atoms with Gasteiger partial charge in [-0.15, -0.1) is 0 Å². The highest BCUT2D eigenvalue weighted by Crippen LogP contribution is 2.30. The smallest absolute Gasteiger partial charge is 0.329 e. The number of nitrogens with one attached hydrogen (secondary N) is 1. The largest absolute Gasteiger partial charge is 0.493 e. The third kappa shape index (κ3) is 9.47. The van der Waals surface area contributed by atoms with Crippen molar-refractivity contribution in [1.82, 2.24) is 10.3 Å². The van der Waals surface area contributed by atoms with Crippen LogP contribution in [0, 0.1) is 5.92 Å². The van der Waals surface area contributed by atoms with E-state index in [0.717, 1.165) is 6.42 Å². The minimum Gasteiger partial charge on any atom is -0.493 e. The number of ether oxygens (including phenoxy) is 6. The van der Waals surface area contributed by atoms with Crippen molar-refractivity contribution in [1.29, 1.82) is 0 Å². The summed E-state index contributed by atoms with van der Waals surface area (Å²) in [5, 5.41) is 2.71. The zero-order chi connectivity index (χ0) is 27.4. The Bertz CT molecular complexity index is 893. The zero-order valence-corrected chi connectivity index (χ0v) is 22.6. The van der Waals surface area contributed by atoms with Gasteiger partial charge in [0, 0.05) is 32.4 Å². The molecular weight excluding hydrogens is 484 g/mol. The summed E-state index contributed by atoms with van der Waals surface area (Å²) in [4.78, 5) is 41.5. The molecule has 0 aromatic carbocycles. The van der Waals surface area contributed by atoms with Crippen molar-refractivity contribution in [2.45, 2.75) is 84.7 Å². The molecule has 1 aliphatic heterocycles. The molecule has 1 fully saturated rings. The topological polar surface area (TPSA) is 132 Å². The molecule has 1 saturated heterocycles. The van der Waals surface area contributed by atoms with Crippen LogP contribution >= 0.6 is 0 Å². The third-order valence-electron chi connectivity index (χ3n) is 5.63. The number of carbonyl (C=O) groups excluding carboxylic acids is 3. The molecule has 4 atom stereocenters. The average molecular weight is 525 g/mol. The van der Waals surface area contributed by atoms with E-state index in [-0.39, 0.29) is 23.3 Å². The van der Waals surface area contributed by atoms with Crippen molar-refractivity contribution in [3.63, 3.8) is 0 Å². The van der Waals surface area contributed by atoms with E-state index >= 15 is 0 Å². The van der Waals surface area contributed by atoms with Crippen molar-refractivity contribution in [3.8, 4) is 11.5 Å². The van der Waals surface area contributed by atoms with Crippen LogP contribution in [0.1, 0.15) is 70.8 Å². The molecule has 1 aliphatic rings. The van der Waals surface area contributed by atoms with Gasteiger partial charge in [-0.1, -0.05) is 20.8 Å². The first-order chi connectivity index (χ1) is 17.7. The molecule has 208 valence electrons. The number of pyridine rings is 1. The van der Waals surface area contributed by atoms with E-state index < -0.39 is 42.9 Å². The minimum atomic E-state index is -0.917. The second-order valence-corrected chi connectivity index (χ2v) is 9.29. The van der Waals surface area contributed by atoms with E-state index in [1.54, 1.807) is 6.92 Å². The molecule has 0 aliphatic carbocycles. The minimum absolute atomic E-state index is 0.0104. The number of esters is 2. The van der Waals surface area contributed by atoms with Crippen molar-refractivity contribution in [2.24, 2.45) is 5.92 Å². The maximum absolute atomic E-state index is 13.2. The lowest BCUT2D eigenvalue weighted by Crippen LogP contribution is -2.46. The lowest BCUT2D eigenvalue weighted by Gasteiger charge is -2.31. The number of nitrogens with zero attached hydrogens (tertiary/aromatic N) is 1. The van der Waals surface area contributed by atoms with E-state index in [2.05, 4.69) is 24.1 Å². The molecule has 2 rings (SSSR count). The monoisotopic (exact) mass is 524 g/mol.